The number of benzene rings is 2. The standard InChI is InChI=1S/C52H86Br4O4/c53-32-16-1-8-26-45-41-46(27-9-2-17-33-54)49(30-14-4-19-35-56)52(48(45)29-13-3-18-34-55)50(31-15-23-39-60)51-42-44(25-11-6-21-37-58)43(24-10-5-20-36-57)40-47(51)28-12-7-22-38-59/h40-42,50,57-60H,1-39H2. The molecule has 2 aromatic rings. The molecular formula is C52H86Br4O4. The molecule has 1 unspecified atom stereocenters. The Bertz CT molecular complexity index is 1290. The zero-order valence-electron chi connectivity index (χ0n) is 37.7. The number of hydrogen-bond acceptors (Lipinski definition) is 4. The molecule has 2 aromatic carbocycles. The fourth-order valence-corrected chi connectivity index (χ4v) is 10.8. The Labute approximate surface area is 402 Å². The Morgan fingerprint density at radius 2 is 0.633 bits per heavy atom. The van der Waals surface area contributed by atoms with Crippen molar-refractivity contribution in [1.29, 1.82) is 0 Å². The molecule has 0 heterocycles. The van der Waals surface area contributed by atoms with Crippen molar-refractivity contribution >= 4 is 63.7 Å². The van der Waals surface area contributed by atoms with Gasteiger partial charge in [0.1, 0.15) is 0 Å². The summed E-state index contributed by atoms with van der Waals surface area (Å²) < 4.78 is 0. The minimum atomic E-state index is 0.231. The van der Waals surface area contributed by atoms with Gasteiger partial charge in [-0.2, -0.15) is 0 Å². The second kappa shape index (κ2) is 38.5. The average Bonchev–Trinajstić information content (AvgIpc) is 3.26. The molecule has 0 fully saturated rings. The number of aryl methyl sites for hydroxylation is 5. The van der Waals surface area contributed by atoms with Gasteiger partial charge in [0.25, 0.3) is 0 Å². The van der Waals surface area contributed by atoms with E-state index >= 15 is 0 Å². The fourth-order valence-electron chi connectivity index (χ4n) is 9.18. The van der Waals surface area contributed by atoms with Gasteiger partial charge < -0.3 is 20.4 Å². The highest BCUT2D eigenvalue weighted by Gasteiger charge is 2.28. The van der Waals surface area contributed by atoms with E-state index in [1.54, 1.807) is 27.8 Å². The summed E-state index contributed by atoms with van der Waals surface area (Å²) in [5.41, 5.74) is 14.2. The summed E-state index contributed by atoms with van der Waals surface area (Å²) >= 11 is 14.9. The molecule has 4 N–H and O–H groups in total. The van der Waals surface area contributed by atoms with E-state index in [0.29, 0.717) is 0 Å². The molecule has 0 saturated heterocycles. The summed E-state index contributed by atoms with van der Waals surface area (Å²) in [6.07, 6.45) is 34.1. The Morgan fingerprint density at radius 3 is 1.03 bits per heavy atom. The van der Waals surface area contributed by atoms with Crippen LogP contribution in [-0.4, -0.2) is 68.2 Å². The SMILES string of the molecule is OCCCCCc1cc(CCCCCO)c(C(CCCCO)c2c(CCCCCBr)c(CCCCCBr)cc(CCCCCBr)c2CCCCCBr)cc1CCCCCO. The maximum atomic E-state index is 10.2. The second-order valence-corrected chi connectivity index (χ2v) is 20.4. The second-order valence-electron chi connectivity index (χ2n) is 17.3. The Balaban J connectivity index is 3.09. The van der Waals surface area contributed by atoms with Crippen LogP contribution in [0.15, 0.2) is 18.2 Å². The van der Waals surface area contributed by atoms with Crippen molar-refractivity contribution in [2.24, 2.45) is 0 Å². The number of alkyl halides is 4. The van der Waals surface area contributed by atoms with Crippen LogP contribution in [-0.2, 0) is 44.9 Å². The molecule has 0 spiro atoms. The molecule has 0 aliphatic carbocycles. The fraction of sp³-hybridized carbons (Fsp3) is 0.769. The van der Waals surface area contributed by atoms with Gasteiger partial charge in [0.2, 0.25) is 0 Å². The minimum Gasteiger partial charge on any atom is -0.396 e. The highest BCUT2D eigenvalue weighted by molar-refractivity contribution is 9.09. The van der Waals surface area contributed by atoms with Gasteiger partial charge in [0.15, 0.2) is 0 Å². The third-order valence-electron chi connectivity index (χ3n) is 12.5. The topological polar surface area (TPSA) is 80.9 Å². The molecule has 0 aliphatic heterocycles. The first-order valence-electron chi connectivity index (χ1n) is 24.5. The molecular weight excluding hydrogens is 1010 g/mol. The molecule has 60 heavy (non-hydrogen) atoms. The summed E-state index contributed by atoms with van der Waals surface area (Å²) in [5, 5.41) is 43.5. The van der Waals surface area contributed by atoms with Crippen molar-refractivity contribution in [2.75, 3.05) is 47.7 Å². The zero-order valence-corrected chi connectivity index (χ0v) is 44.0. The number of aliphatic hydroxyl groups excluding tert-OH is 4. The van der Waals surface area contributed by atoms with Gasteiger partial charge in [-0.25, -0.2) is 0 Å². The highest BCUT2D eigenvalue weighted by Crippen LogP contribution is 2.43. The third kappa shape index (κ3) is 22.9. The zero-order chi connectivity index (χ0) is 43.5. The predicted molar refractivity (Wildman–Crippen MR) is 275 cm³/mol. The number of hydrogen-bond donors (Lipinski definition) is 4. The van der Waals surface area contributed by atoms with Crippen LogP contribution >= 0.6 is 63.7 Å². The largest absolute Gasteiger partial charge is 0.396 e. The lowest BCUT2D eigenvalue weighted by Crippen LogP contribution is -2.17. The van der Waals surface area contributed by atoms with E-state index in [2.05, 4.69) is 81.9 Å². The average molecular weight is 1090 g/mol. The highest BCUT2D eigenvalue weighted by atomic mass is 79.9. The summed E-state index contributed by atoms with van der Waals surface area (Å²) in [6.45, 7) is 0.982. The maximum Gasteiger partial charge on any atom is 0.0431 e. The van der Waals surface area contributed by atoms with Crippen molar-refractivity contribution in [1.82, 2.24) is 0 Å². The minimum absolute atomic E-state index is 0.231. The molecule has 0 aromatic heterocycles. The number of halogens is 4. The van der Waals surface area contributed by atoms with Gasteiger partial charge >= 0.3 is 0 Å². The van der Waals surface area contributed by atoms with Crippen LogP contribution in [0.25, 0.3) is 0 Å². The molecule has 0 radical (unpaired) electrons. The normalized spacial score (nSPS) is 12.2. The number of rotatable bonds is 41. The monoisotopic (exact) mass is 1090 g/mol. The van der Waals surface area contributed by atoms with Crippen molar-refractivity contribution in [3.63, 3.8) is 0 Å². The molecule has 1 atom stereocenters. The van der Waals surface area contributed by atoms with Crippen LogP contribution in [0.5, 0.6) is 0 Å². The first-order valence-corrected chi connectivity index (χ1v) is 29.0. The number of aliphatic hydroxyl groups is 4. The predicted octanol–water partition coefficient (Wildman–Crippen LogP) is 14.5. The molecule has 346 valence electrons. The van der Waals surface area contributed by atoms with Crippen LogP contribution in [0.2, 0.25) is 0 Å². The Hall–Kier alpha value is 0.200. The van der Waals surface area contributed by atoms with Crippen molar-refractivity contribution in [2.45, 2.75) is 205 Å². The molecule has 4 nitrogen and oxygen atoms in total. The van der Waals surface area contributed by atoms with E-state index in [1.165, 1.54) is 99.3 Å². The summed E-state index contributed by atoms with van der Waals surface area (Å²) in [7, 11) is 0. The van der Waals surface area contributed by atoms with Crippen molar-refractivity contribution in [3.8, 4) is 0 Å². The van der Waals surface area contributed by atoms with E-state index < -0.39 is 0 Å². The smallest absolute Gasteiger partial charge is 0.0431 e. The first kappa shape index (κ1) is 56.3. The lowest BCUT2D eigenvalue weighted by atomic mass is 9.73. The lowest BCUT2D eigenvalue weighted by Gasteiger charge is -2.31. The van der Waals surface area contributed by atoms with E-state index in [1.807, 2.05) is 0 Å². The summed E-state index contributed by atoms with van der Waals surface area (Å²) in [4.78, 5) is 0. The summed E-state index contributed by atoms with van der Waals surface area (Å²) in [5.74, 6) is 0.269. The van der Waals surface area contributed by atoms with E-state index in [0.717, 1.165) is 143 Å². The van der Waals surface area contributed by atoms with Crippen LogP contribution in [0.3, 0.4) is 0 Å². The Kier molecular flexibility index (Phi) is 36.1. The maximum absolute atomic E-state index is 10.2. The molecule has 0 saturated carbocycles. The number of unbranched alkanes of at least 4 members (excludes halogenated alkanes) is 15. The molecule has 0 amide bonds. The van der Waals surface area contributed by atoms with E-state index in [4.69, 9.17) is 0 Å². The van der Waals surface area contributed by atoms with E-state index in [9.17, 15) is 20.4 Å². The van der Waals surface area contributed by atoms with Crippen molar-refractivity contribution < 1.29 is 20.4 Å². The van der Waals surface area contributed by atoms with Crippen LogP contribution in [0.4, 0.5) is 0 Å². The molecule has 0 aliphatic rings. The van der Waals surface area contributed by atoms with Gasteiger partial charge in [0.05, 0.1) is 0 Å². The quantitative estimate of drug-likeness (QED) is 0.0395. The molecule has 2 rings (SSSR count). The van der Waals surface area contributed by atoms with Crippen LogP contribution in [0, 0.1) is 0 Å². The van der Waals surface area contributed by atoms with Crippen LogP contribution < -0.4 is 0 Å². The third-order valence-corrected chi connectivity index (χ3v) is 14.7. The molecule has 8 heteroatoms. The van der Waals surface area contributed by atoms with Gasteiger partial charge in [-0.05, 0) is 198 Å². The Morgan fingerprint density at radius 1 is 0.317 bits per heavy atom. The van der Waals surface area contributed by atoms with Gasteiger partial charge in [0, 0.05) is 53.7 Å². The van der Waals surface area contributed by atoms with Gasteiger partial charge in [-0.15, -0.1) is 0 Å². The summed E-state index contributed by atoms with van der Waals surface area (Å²) in [6, 6.07) is 7.96. The lowest BCUT2D eigenvalue weighted by molar-refractivity contribution is 0.281. The van der Waals surface area contributed by atoms with E-state index in [-0.39, 0.29) is 32.3 Å². The van der Waals surface area contributed by atoms with Crippen LogP contribution in [0.1, 0.15) is 210 Å². The van der Waals surface area contributed by atoms with Gasteiger partial charge in [-0.1, -0.05) is 133 Å². The molecule has 0 bridgehead atoms. The van der Waals surface area contributed by atoms with Gasteiger partial charge in [-0.3, -0.25) is 0 Å². The van der Waals surface area contributed by atoms with Crippen molar-refractivity contribution in [3.05, 3.63) is 68.3 Å². The first-order chi connectivity index (χ1) is 29.5.